The Bertz CT molecular complexity index is 965. The van der Waals surface area contributed by atoms with Crippen molar-refractivity contribution in [3.63, 3.8) is 0 Å². The predicted molar refractivity (Wildman–Crippen MR) is 108 cm³/mol. The Morgan fingerprint density at radius 3 is 2.69 bits per heavy atom. The van der Waals surface area contributed by atoms with Gasteiger partial charge in [0.25, 0.3) is 5.91 Å². The smallest absolute Gasteiger partial charge is 0.264 e. The molecule has 1 amide bonds. The monoisotopic (exact) mass is 414 g/mol. The Balaban J connectivity index is 1.37. The normalized spacial score (nSPS) is 14.8. The van der Waals surface area contributed by atoms with Gasteiger partial charge in [0.2, 0.25) is 11.7 Å². The van der Waals surface area contributed by atoms with E-state index in [9.17, 15) is 4.79 Å². The van der Waals surface area contributed by atoms with Crippen molar-refractivity contribution in [1.29, 1.82) is 0 Å². The molecule has 0 N–H and O–H groups in total. The summed E-state index contributed by atoms with van der Waals surface area (Å²) in [5.41, 5.74) is 0.745. The first kappa shape index (κ1) is 19.4. The standard InChI is InChI=1S/C20H22N4O4S/c1-26-14-5-6-15(16(12-14)27-2)19-21-18(28-22-19)13-23-7-9-24(10-8-23)20(25)17-4-3-11-29-17/h3-6,11-12H,7-10,13H2,1-2H3. The number of carbonyl (C=O) groups excluding carboxylic acids is 1. The molecule has 1 saturated heterocycles. The molecule has 1 fully saturated rings. The van der Waals surface area contributed by atoms with E-state index in [0.29, 0.717) is 42.8 Å². The molecule has 0 atom stereocenters. The zero-order valence-corrected chi connectivity index (χ0v) is 17.1. The minimum Gasteiger partial charge on any atom is -0.497 e. The molecule has 8 nitrogen and oxygen atoms in total. The summed E-state index contributed by atoms with van der Waals surface area (Å²) >= 11 is 1.48. The van der Waals surface area contributed by atoms with E-state index in [1.165, 1.54) is 11.3 Å². The molecule has 1 aromatic carbocycles. The van der Waals surface area contributed by atoms with Gasteiger partial charge in [-0.2, -0.15) is 4.98 Å². The van der Waals surface area contributed by atoms with Crippen LogP contribution < -0.4 is 9.47 Å². The Morgan fingerprint density at radius 2 is 2.00 bits per heavy atom. The summed E-state index contributed by atoms with van der Waals surface area (Å²) < 4.78 is 16.1. The summed E-state index contributed by atoms with van der Waals surface area (Å²) in [6, 6.07) is 9.24. The van der Waals surface area contributed by atoms with E-state index in [-0.39, 0.29) is 5.91 Å². The van der Waals surface area contributed by atoms with Crippen LogP contribution in [0.3, 0.4) is 0 Å². The lowest BCUT2D eigenvalue weighted by Gasteiger charge is -2.33. The molecule has 0 aliphatic carbocycles. The van der Waals surface area contributed by atoms with Crippen molar-refractivity contribution in [1.82, 2.24) is 19.9 Å². The first-order chi connectivity index (χ1) is 14.2. The van der Waals surface area contributed by atoms with E-state index in [2.05, 4.69) is 15.0 Å². The number of rotatable bonds is 6. The van der Waals surface area contributed by atoms with E-state index < -0.39 is 0 Å². The Morgan fingerprint density at radius 1 is 1.17 bits per heavy atom. The van der Waals surface area contributed by atoms with Crippen molar-refractivity contribution in [2.45, 2.75) is 6.54 Å². The maximum atomic E-state index is 12.4. The van der Waals surface area contributed by atoms with Gasteiger partial charge >= 0.3 is 0 Å². The minimum absolute atomic E-state index is 0.103. The SMILES string of the molecule is COc1ccc(-c2noc(CN3CCN(C(=O)c4cccs4)CC3)n2)c(OC)c1. The Kier molecular flexibility index (Phi) is 5.77. The van der Waals surface area contributed by atoms with Gasteiger partial charge in [-0.05, 0) is 23.6 Å². The van der Waals surface area contributed by atoms with Crippen molar-refractivity contribution < 1.29 is 18.8 Å². The van der Waals surface area contributed by atoms with Gasteiger partial charge in [-0.1, -0.05) is 11.2 Å². The number of amides is 1. The highest BCUT2D eigenvalue weighted by Gasteiger charge is 2.24. The molecular weight excluding hydrogens is 392 g/mol. The van der Waals surface area contributed by atoms with Gasteiger partial charge in [-0.3, -0.25) is 9.69 Å². The molecule has 0 saturated carbocycles. The highest BCUT2D eigenvalue weighted by molar-refractivity contribution is 7.12. The van der Waals surface area contributed by atoms with Crippen molar-refractivity contribution in [2.75, 3.05) is 40.4 Å². The fraction of sp³-hybridized carbons (Fsp3) is 0.350. The van der Waals surface area contributed by atoms with Crippen LogP contribution in [0.4, 0.5) is 0 Å². The van der Waals surface area contributed by atoms with E-state index >= 15 is 0 Å². The number of methoxy groups -OCH3 is 2. The maximum Gasteiger partial charge on any atom is 0.264 e. The molecule has 152 valence electrons. The number of piperazine rings is 1. The second-order valence-corrected chi connectivity index (χ2v) is 7.57. The molecule has 1 aliphatic rings. The van der Waals surface area contributed by atoms with E-state index in [1.807, 2.05) is 34.5 Å². The van der Waals surface area contributed by atoms with Crippen LogP contribution in [0.2, 0.25) is 0 Å². The lowest BCUT2D eigenvalue weighted by Crippen LogP contribution is -2.48. The zero-order chi connectivity index (χ0) is 20.2. The third-order valence-electron chi connectivity index (χ3n) is 4.87. The van der Waals surface area contributed by atoms with Gasteiger partial charge in [0.1, 0.15) is 11.5 Å². The number of nitrogens with zero attached hydrogens (tertiary/aromatic N) is 4. The lowest BCUT2D eigenvalue weighted by atomic mass is 10.2. The second kappa shape index (κ2) is 8.62. The third kappa shape index (κ3) is 4.25. The van der Waals surface area contributed by atoms with Crippen molar-refractivity contribution in [3.8, 4) is 22.9 Å². The van der Waals surface area contributed by atoms with Gasteiger partial charge in [0, 0.05) is 32.2 Å². The van der Waals surface area contributed by atoms with Crippen molar-refractivity contribution in [2.24, 2.45) is 0 Å². The molecule has 0 bridgehead atoms. The zero-order valence-electron chi connectivity index (χ0n) is 16.3. The topological polar surface area (TPSA) is 80.9 Å². The average Bonchev–Trinajstić information content (AvgIpc) is 3.46. The summed E-state index contributed by atoms with van der Waals surface area (Å²) in [6.07, 6.45) is 0. The van der Waals surface area contributed by atoms with Crippen LogP contribution in [0, 0.1) is 0 Å². The summed E-state index contributed by atoms with van der Waals surface area (Å²) in [6.45, 7) is 3.45. The number of aromatic nitrogens is 2. The molecule has 0 unspecified atom stereocenters. The van der Waals surface area contributed by atoms with E-state index in [0.717, 1.165) is 23.5 Å². The van der Waals surface area contributed by atoms with E-state index in [1.54, 1.807) is 20.3 Å². The van der Waals surface area contributed by atoms with Gasteiger partial charge in [0.15, 0.2) is 0 Å². The fourth-order valence-electron chi connectivity index (χ4n) is 3.27. The number of hydrogen-bond acceptors (Lipinski definition) is 8. The van der Waals surface area contributed by atoms with Gasteiger partial charge in [-0.25, -0.2) is 0 Å². The third-order valence-corrected chi connectivity index (χ3v) is 5.73. The quantitative estimate of drug-likeness (QED) is 0.613. The van der Waals surface area contributed by atoms with Crippen LogP contribution in [0.25, 0.3) is 11.4 Å². The summed E-state index contributed by atoms with van der Waals surface area (Å²) in [4.78, 5) is 21.8. The first-order valence-corrected chi connectivity index (χ1v) is 10.2. The van der Waals surface area contributed by atoms with Crippen LogP contribution in [0.15, 0.2) is 40.2 Å². The number of benzene rings is 1. The molecule has 1 aliphatic heterocycles. The molecule has 3 aromatic rings. The van der Waals surface area contributed by atoms with Gasteiger partial charge < -0.3 is 18.9 Å². The van der Waals surface area contributed by atoms with Crippen LogP contribution in [0.1, 0.15) is 15.6 Å². The number of carbonyl (C=O) groups is 1. The predicted octanol–water partition coefficient (Wildman–Crippen LogP) is 2.77. The molecule has 0 radical (unpaired) electrons. The second-order valence-electron chi connectivity index (χ2n) is 6.62. The fourth-order valence-corrected chi connectivity index (χ4v) is 3.96. The molecule has 0 spiro atoms. The van der Waals surface area contributed by atoms with Gasteiger partial charge in [0.05, 0.1) is 31.2 Å². The van der Waals surface area contributed by atoms with Crippen molar-refractivity contribution in [3.05, 3.63) is 46.5 Å². The maximum absolute atomic E-state index is 12.4. The Hall–Kier alpha value is -2.91. The molecule has 9 heteroatoms. The molecule has 3 heterocycles. The molecule has 4 rings (SSSR count). The first-order valence-electron chi connectivity index (χ1n) is 9.28. The minimum atomic E-state index is 0.103. The molecule has 2 aromatic heterocycles. The largest absolute Gasteiger partial charge is 0.497 e. The summed E-state index contributed by atoms with van der Waals surface area (Å²) in [7, 11) is 3.20. The van der Waals surface area contributed by atoms with Crippen LogP contribution >= 0.6 is 11.3 Å². The number of ether oxygens (including phenoxy) is 2. The van der Waals surface area contributed by atoms with Crippen molar-refractivity contribution >= 4 is 17.2 Å². The van der Waals surface area contributed by atoms with Gasteiger partial charge in [-0.15, -0.1) is 11.3 Å². The highest BCUT2D eigenvalue weighted by Crippen LogP contribution is 2.31. The summed E-state index contributed by atoms with van der Waals surface area (Å²) in [5, 5.41) is 6.02. The van der Waals surface area contributed by atoms with Crippen LogP contribution in [0.5, 0.6) is 11.5 Å². The Labute approximate surface area is 172 Å². The number of thiophene rings is 1. The van der Waals surface area contributed by atoms with Crippen LogP contribution in [-0.4, -0.2) is 66.2 Å². The number of hydrogen-bond donors (Lipinski definition) is 0. The average molecular weight is 414 g/mol. The van der Waals surface area contributed by atoms with Crippen LogP contribution in [-0.2, 0) is 6.54 Å². The highest BCUT2D eigenvalue weighted by atomic mass is 32.1. The molecular formula is C20H22N4O4S. The summed E-state index contributed by atoms with van der Waals surface area (Å²) in [5.74, 6) is 2.44. The van der Waals surface area contributed by atoms with E-state index in [4.69, 9.17) is 14.0 Å². The lowest BCUT2D eigenvalue weighted by molar-refractivity contribution is 0.0620. The molecule has 29 heavy (non-hydrogen) atoms.